The number of aliphatic hydroxyl groups excluding tert-OH is 1. The van der Waals surface area contributed by atoms with Gasteiger partial charge in [-0.05, 0) is 30.3 Å². The van der Waals surface area contributed by atoms with Crippen LogP contribution in [0.4, 0.5) is 8.78 Å². The summed E-state index contributed by atoms with van der Waals surface area (Å²) in [7, 11) is 0. The zero-order chi connectivity index (χ0) is 16.9. The number of aliphatic hydroxyl groups is 1. The molecule has 0 amide bonds. The maximum absolute atomic E-state index is 13.6. The number of hydrogen-bond donors (Lipinski definition) is 3. The van der Waals surface area contributed by atoms with Crippen molar-refractivity contribution in [2.45, 2.75) is 12.6 Å². The lowest BCUT2D eigenvalue weighted by Gasteiger charge is -2.13. The van der Waals surface area contributed by atoms with Gasteiger partial charge in [-0.15, -0.1) is 0 Å². The van der Waals surface area contributed by atoms with Gasteiger partial charge in [-0.2, -0.15) is 5.10 Å². The smallest absolute Gasteiger partial charge is 0.129 e. The summed E-state index contributed by atoms with van der Waals surface area (Å²) in [5, 5.41) is 20.1. The van der Waals surface area contributed by atoms with E-state index in [1.807, 2.05) is 0 Å². The standard InChI is InChI=1S/C18H17F2N3O/c19-14-7-5-12(6-8-14)18-13(10-22-23-18)9-21-11-17(24)15-3-1-2-4-16(15)20/h1-8,10,17,21,24H,9,11H2,(H,22,23)/t17-/m1/s1. The van der Waals surface area contributed by atoms with Crippen molar-refractivity contribution in [3.05, 3.63) is 77.5 Å². The maximum Gasteiger partial charge on any atom is 0.129 e. The molecule has 3 rings (SSSR count). The summed E-state index contributed by atoms with van der Waals surface area (Å²) in [5.41, 5.74) is 2.74. The summed E-state index contributed by atoms with van der Waals surface area (Å²) in [6.07, 6.45) is 0.730. The van der Waals surface area contributed by atoms with Crippen LogP contribution in [-0.4, -0.2) is 21.8 Å². The number of hydrogen-bond acceptors (Lipinski definition) is 3. The van der Waals surface area contributed by atoms with Gasteiger partial charge in [0.2, 0.25) is 0 Å². The highest BCUT2D eigenvalue weighted by molar-refractivity contribution is 5.62. The molecule has 0 fully saturated rings. The van der Waals surface area contributed by atoms with E-state index < -0.39 is 11.9 Å². The average molecular weight is 329 g/mol. The predicted octanol–water partition coefficient (Wildman–Crippen LogP) is 3.18. The predicted molar refractivity (Wildman–Crippen MR) is 87.0 cm³/mol. The Labute approximate surface area is 138 Å². The van der Waals surface area contributed by atoms with E-state index in [9.17, 15) is 13.9 Å². The van der Waals surface area contributed by atoms with Gasteiger partial charge in [0.15, 0.2) is 0 Å². The molecule has 0 radical (unpaired) electrons. The highest BCUT2D eigenvalue weighted by Gasteiger charge is 2.13. The molecule has 0 saturated carbocycles. The van der Waals surface area contributed by atoms with Gasteiger partial charge in [0.25, 0.3) is 0 Å². The van der Waals surface area contributed by atoms with Crippen LogP contribution < -0.4 is 5.32 Å². The second-order valence-electron chi connectivity index (χ2n) is 5.45. The lowest BCUT2D eigenvalue weighted by molar-refractivity contribution is 0.169. The molecule has 0 bridgehead atoms. The van der Waals surface area contributed by atoms with Gasteiger partial charge in [0.05, 0.1) is 18.0 Å². The molecule has 0 saturated heterocycles. The van der Waals surface area contributed by atoms with Crippen molar-refractivity contribution in [2.75, 3.05) is 6.54 Å². The lowest BCUT2D eigenvalue weighted by Crippen LogP contribution is -2.21. The molecule has 0 spiro atoms. The molecule has 2 aromatic carbocycles. The molecule has 6 heteroatoms. The second kappa shape index (κ2) is 7.33. The van der Waals surface area contributed by atoms with E-state index in [4.69, 9.17) is 0 Å². The first kappa shape index (κ1) is 16.3. The van der Waals surface area contributed by atoms with Crippen molar-refractivity contribution in [2.24, 2.45) is 0 Å². The van der Waals surface area contributed by atoms with Gasteiger partial charge in [0, 0.05) is 29.8 Å². The van der Waals surface area contributed by atoms with Crippen LogP contribution in [0.15, 0.2) is 54.7 Å². The molecule has 0 aliphatic carbocycles. The van der Waals surface area contributed by atoms with Gasteiger partial charge >= 0.3 is 0 Å². The Bertz CT molecular complexity index is 802. The number of halogens is 2. The summed E-state index contributed by atoms with van der Waals surface area (Å²) >= 11 is 0. The number of benzene rings is 2. The maximum atomic E-state index is 13.6. The largest absolute Gasteiger partial charge is 0.387 e. The molecule has 3 aromatic rings. The first-order valence-electron chi connectivity index (χ1n) is 7.56. The Hall–Kier alpha value is -2.57. The van der Waals surface area contributed by atoms with Crippen LogP contribution in [0.25, 0.3) is 11.3 Å². The van der Waals surface area contributed by atoms with Gasteiger partial charge in [-0.1, -0.05) is 18.2 Å². The van der Waals surface area contributed by atoms with E-state index in [1.165, 1.54) is 18.2 Å². The Morgan fingerprint density at radius 2 is 1.83 bits per heavy atom. The van der Waals surface area contributed by atoms with Crippen molar-refractivity contribution < 1.29 is 13.9 Å². The molecular formula is C18H17F2N3O. The highest BCUT2D eigenvalue weighted by Crippen LogP contribution is 2.21. The topological polar surface area (TPSA) is 60.9 Å². The van der Waals surface area contributed by atoms with Crippen molar-refractivity contribution in [3.8, 4) is 11.3 Å². The number of aromatic amines is 1. The molecule has 1 heterocycles. The fraction of sp³-hybridized carbons (Fsp3) is 0.167. The molecule has 0 aliphatic heterocycles. The SMILES string of the molecule is O[C@H](CNCc1cn[nH]c1-c1ccc(F)cc1)c1ccccc1F. The normalized spacial score (nSPS) is 12.3. The van der Waals surface area contributed by atoms with Crippen LogP contribution >= 0.6 is 0 Å². The Morgan fingerprint density at radius 3 is 2.58 bits per heavy atom. The van der Waals surface area contributed by atoms with E-state index in [0.717, 1.165) is 16.8 Å². The molecule has 124 valence electrons. The Morgan fingerprint density at radius 1 is 1.08 bits per heavy atom. The number of nitrogens with one attached hydrogen (secondary N) is 2. The highest BCUT2D eigenvalue weighted by atomic mass is 19.1. The molecule has 3 N–H and O–H groups in total. The average Bonchev–Trinajstić information content (AvgIpc) is 3.04. The zero-order valence-electron chi connectivity index (χ0n) is 12.8. The third-order valence-electron chi connectivity index (χ3n) is 3.77. The van der Waals surface area contributed by atoms with Crippen LogP contribution in [0.2, 0.25) is 0 Å². The third kappa shape index (κ3) is 3.67. The Balaban J connectivity index is 1.63. The molecule has 1 atom stereocenters. The molecule has 4 nitrogen and oxygen atoms in total. The number of aromatic nitrogens is 2. The summed E-state index contributed by atoms with van der Waals surface area (Å²) in [6.45, 7) is 0.643. The van der Waals surface area contributed by atoms with Gasteiger partial charge in [-0.25, -0.2) is 8.78 Å². The van der Waals surface area contributed by atoms with Crippen molar-refractivity contribution in [1.29, 1.82) is 0 Å². The molecular weight excluding hydrogens is 312 g/mol. The first-order valence-corrected chi connectivity index (χ1v) is 7.56. The van der Waals surface area contributed by atoms with Crippen LogP contribution in [0, 0.1) is 11.6 Å². The van der Waals surface area contributed by atoms with Gasteiger partial charge in [-0.3, -0.25) is 5.10 Å². The van der Waals surface area contributed by atoms with E-state index in [0.29, 0.717) is 6.54 Å². The Kier molecular flexibility index (Phi) is 4.98. The quantitative estimate of drug-likeness (QED) is 0.651. The van der Waals surface area contributed by atoms with Crippen LogP contribution in [0.5, 0.6) is 0 Å². The molecule has 24 heavy (non-hydrogen) atoms. The zero-order valence-corrected chi connectivity index (χ0v) is 12.8. The van der Waals surface area contributed by atoms with E-state index in [-0.39, 0.29) is 17.9 Å². The van der Waals surface area contributed by atoms with Crippen molar-refractivity contribution >= 4 is 0 Å². The van der Waals surface area contributed by atoms with Crippen molar-refractivity contribution in [1.82, 2.24) is 15.5 Å². The van der Waals surface area contributed by atoms with Gasteiger partial charge < -0.3 is 10.4 Å². The fourth-order valence-corrected chi connectivity index (χ4v) is 2.51. The van der Waals surface area contributed by atoms with Gasteiger partial charge in [0.1, 0.15) is 11.6 Å². The number of nitrogens with zero attached hydrogens (tertiary/aromatic N) is 1. The lowest BCUT2D eigenvalue weighted by atomic mass is 10.1. The minimum absolute atomic E-state index is 0.203. The minimum Gasteiger partial charge on any atom is -0.387 e. The van der Waals surface area contributed by atoms with E-state index in [2.05, 4.69) is 15.5 Å². The summed E-state index contributed by atoms with van der Waals surface area (Å²) in [6, 6.07) is 12.3. The number of H-pyrrole nitrogens is 1. The first-order chi connectivity index (χ1) is 11.6. The molecule has 1 aromatic heterocycles. The minimum atomic E-state index is -0.938. The summed E-state index contributed by atoms with van der Waals surface area (Å²) < 4.78 is 26.6. The monoisotopic (exact) mass is 329 g/mol. The number of rotatable bonds is 6. The summed E-state index contributed by atoms with van der Waals surface area (Å²) in [5.74, 6) is -0.729. The van der Waals surface area contributed by atoms with E-state index >= 15 is 0 Å². The second-order valence-corrected chi connectivity index (χ2v) is 5.45. The van der Waals surface area contributed by atoms with Crippen LogP contribution in [-0.2, 0) is 6.54 Å². The fourth-order valence-electron chi connectivity index (χ4n) is 2.51. The van der Waals surface area contributed by atoms with Crippen LogP contribution in [0.3, 0.4) is 0 Å². The van der Waals surface area contributed by atoms with Crippen molar-refractivity contribution in [3.63, 3.8) is 0 Å². The van der Waals surface area contributed by atoms with E-state index in [1.54, 1.807) is 36.5 Å². The molecule has 0 aliphatic rings. The van der Waals surface area contributed by atoms with Crippen LogP contribution in [0.1, 0.15) is 17.2 Å². The molecule has 0 unspecified atom stereocenters. The summed E-state index contributed by atoms with van der Waals surface area (Å²) in [4.78, 5) is 0. The third-order valence-corrected chi connectivity index (χ3v) is 3.77.